The zero-order valence-corrected chi connectivity index (χ0v) is 9.51. The number of nitrogens with two attached hydrogens (primary N) is 1. The molecular formula is C10H12N6O. The molecule has 7 nitrogen and oxygen atoms in total. The van der Waals surface area contributed by atoms with E-state index >= 15 is 0 Å². The highest BCUT2D eigenvalue weighted by molar-refractivity contribution is 6.05. The third-order valence-corrected chi connectivity index (χ3v) is 2.35. The molecule has 0 aliphatic heterocycles. The van der Waals surface area contributed by atoms with Crippen molar-refractivity contribution >= 4 is 17.5 Å². The number of tetrazole rings is 1. The van der Waals surface area contributed by atoms with Gasteiger partial charge in [0.15, 0.2) is 0 Å². The molecule has 2 rings (SSSR count). The Kier molecular flexibility index (Phi) is 2.73. The van der Waals surface area contributed by atoms with Crippen molar-refractivity contribution in [3.8, 4) is 0 Å². The van der Waals surface area contributed by atoms with Crippen molar-refractivity contribution in [3.05, 3.63) is 29.3 Å². The Bertz CT molecular complexity index is 562. The van der Waals surface area contributed by atoms with Crippen molar-refractivity contribution in [3.63, 3.8) is 0 Å². The summed E-state index contributed by atoms with van der Waals surface area (Å²) in [6.07, 6.45) is 0. The van der Waals surface area contributed by atoms with Gasteiger partial charge in [0.1, 0.15) is 0 Å². The number of rotatable bonds is 2. The van der Waals surface area contributed by atoms with E-state index in [0.717, 1.165) is 5.56 Å². The predicted octanol–water partition coefficient (Wildman–Crippen LogP) is 0.353. The molecule has 0 fully saturated rings. The number of nitrogen functional groups attached to an aromatic ring is 1. The number of anilines is 2. The van der Waals surface area contributed by atoms with E-state index in [2.05, 4.69) is 20.7 Å². The van der Waals surface area contributed by atoms with Crippen molar-refractivity contribution in [1.29, 1.82) is 0 Å². The third-order valence-electron chi connectivity index (χ3n) is 2.35. The minimum absolute atomic E-state index is 0.166. The van der Waals surface area contributed by atoms with Crippen molar-refractivity contribution in [1.82, 2.24) is 20.2 Å². The number of benzene rings is 1. The zero-order chi connectivity index (χ0) is 12.4. The first-order valence-corrected chi connectivity index (χ1v) is 4.98. The number of aromatic nitrogens is 4. The van der Waals surface area contributed by atoms with E-state index in [1.165, 1.54) is 4.80 Å². The molecule has 1 amide bonds. The Morgan fingerprint density at radius 2 is 2.24 bits per heavy atom. The van der Waals surface area contributed by atoms with Crippen LogP contribution in [0.25, 0.3) is 0 Å². The third kappa shape index (κ3) is 2.22. The van der Waals surface area contributed by atoms with Crippen LogP contribution in [0.1, 0.15) is 15.9 Å². The average Bonchev–Trinajstić information content (AvgIpc) is 2.68. The summed E-state index contributed by atoms with van der Waals surface area (Å²) < 4.78 is 0. The van der Waals surface area contributed by atoms with Crippen LogP contribution in [0, 0.1) is 6.92 Å². The number of hydrogen-bond acceptors (Lipinski definition) is 5. The van der Waals surface area contributed by atoms with E-state index in [1.54, 1.807) is 32.2 Å². The second kappa shape index (κ2) is 4.20. The fourth-order valence-corrected chi connectivity index (χ4v) is 1.40. The molecule has 0 saturated heterocycles. The van der Waals surface area contributed by atoms with Crippen LogP contribution in [0.2, 0.25) is 0 Å². The van der Waals surface area contributed by atoms with Gasteiger partial charge in [-0.1, -0.05) is 11.2 Å². The Morgan fingerprint density at radius 3 is 2.88 bits per heavy atom. The Hall–Kier alpha value is -2.44. The van der Waals surface area contributed by atoms with E-state index < -0.39 is 0 Å². The van der Waals surface area contributed by atoms with Gasteiger partial charge in [-0.2, -0.15) is 4.80 Å². The fourth-order valence-electron chi connectivity index (χ4n) is 1.40. The average molecular weight is 232 g/mol. The monoisotopic (exact) mass is 232 g/mol. The second-order valence-electron chi connectivity index (χ2n) is 3.58. The van der Waals surface area contributed by atoms with Crippen molar-refractivity contribution < 1.29 is 4.79 Å². The maximum absolute atomic E-state index is 11.9. The van der Waals surface area contributed by atoms with Gasteiger partial charge in [0.05, 0.1) is 7.05 Å². The lowest BCUT2D eigenvalue weighted by molar-refractivity contribution is 0.102. The van der Waals surface area contributed by atoms with Crippen molar-refractivity contribution in [2.45, 2.75) is 6.92 Å². The van der Waals surface area contributed by atoms with E-state index in [0.29, 0.717) is 11.3 Å². The fraction of sp³-hybridized carbons (Fsp3) is 0.200. The molecule has 0 aliphatic rings. The molecule has 0 atom stereocenters. The SMILES string of the molecule is Cc1c(N)cccc1C(=O)Nc1nnn(C)n1. The highest BCUT2D eigenvalue weighted by Gasteiger charge is 2.12. The molecule has 0 unspecified atom stereocenters. The molecule has 1 aromatic heterocycles. The number of carbonyl (C=O) groups excluding carboxylic acids is 1. The first-order chi connectivity index (χ1) is 8.08. The van der Waals surface area contributed by atoms with Crippen LogP contribution in [0.4, 0.5) is 11.6 Å². The molecule has 1 aromatic carbocycles. The van der Waals surface area contributed by atoms with E-state index in [-0.39, 0.29) is 11.9 Å². The molecule has 17 heavy (non-hydrogen) atoms. The predicted molar refractivity (Wildman–Crippen MR) is 62.3 cm³/mol. The van der Waals surface area contributed by atoms with Gasteiger partial charge in [0, 0.05) is 11.3 Å². The smallest absolute Gasteiger partial charge is 0.270 e. The lowest BCUT2D eigenvalue weighted by Gasteiger charge is -2.06. The summed E-state index contributed by atoms with van der Waals surface area (Å²) in [5, 5.41) is 13.7. The minimum Gasteiger partial charge on any atom is -0.398 e. The van der Waals surface area contributed by atoms with Crippen LogP contribution in [-0.2, 0) is 7.05 Å². The van der Waals surface area contributed by atoms with Gasteiger partial charge in [-0.15, -0.1) is 5.10 Å². The first-order valence-electron chi connectivity index (χ1n) is 4.98. The highest BCUT2D eigenvalue weighted by Crippen LogP contribution is 2.16. The van der Waals surface area contributed by atoms with Gasteiger partial charge in [0.2, 0.25) is 0 Å². The van der Waals surface area contributed by atoms with E-state index in [9.17, 15) is 4.79 Å². The molecule has 0 bridgehead atoms. The molecule has 0 aliphatic carbocycles. The molecule has 0 saturated carbocycles. The van der Waals surface area contributed by atoms with Gasteiger partial charge in [-0.05, 0) is 29.8 Å². The summed E-state index contributed by atoms with van der Waals surface area (Å²) >= 11 is 0. The van der Waals surface area contributed by atoms with Crippen LogP contribution < -0.4 is 11.1 Å². The van der Waals surface area contributed by atoms with E-state index in [4.69, 9.17) is 5.73 Å². The maximum Gasteiger partial charge on any atom is 0.270 e. The summed E-state index contributed by atoms with van der Waals surface area (Å²) in [7, 11) is 1.62. The molecule has 0 spiro atoms. The highest BCUT2D eigenvalue weighted by atomic mass is 16.1. The molecule has 88 valence electrons. The van der Waals surface area contributed by atoms with Crippen LogP contribution >= 0.6 is 0 Å². The maximum atomic E-state index is 11.9. The number of nitrogens with zero attached hydrogens (tertiary/aromatic N) is 4. The Morgan fingerprint density at radius 1 is 1.47 bits per heavy atom. The van der Waals surface area contributed by atoms with Crippen LogP contribution in [0.3, 0.4) is 0 Å². The van der Waals surface area contributed by atoms with Gasteiger partial charge >= 0.3 is 0 Å². The topological polar surface area (TPSA) is 98.7 Å². The standard InChI is InChI=1S/C10H12N6O/c1-6-7(4-3-5-8(6)11)9(17)12-10-13-15-16(2)14-10/h3-5H,11H2,1-2H3,(H,12,14,17). The Labute approximate surface area is 97.6 Å². The van der Waals surface area contributed by atoms with Gasteiger partial charge in [-0.25, -0.2) is 0 Å². The number of carbonyl (C=O) groups is 1. The van der Waals surface area contributed by atoms with Gasteiger partial charge in [-0.3, -0.25) is 10.1 Å². The normalized spacial score (nSPS) is 10.2. The molecule has 3 N–H and O–H groups in total. The lowest BCUT2D eigenvalue weighted by atomic mass is 10.1. The summed E-state index contributed by atoms with van der Waals surface area (Å²) in [5.41, 5.74) is 7.53. The summed E-state index contributed by atoms with van der Waals surface area (Å²) in [6.45, 7) is 1.79. The Balaban J connectivity index is 2.23. The van der Waals surface area contributed by atoms with Crippen molar-refractivity contribution in [2.75, 3.05) is 11.1 Å². The first kappa shape index (κ1) is 11.1. The largest absolute Gasteiger partial charge is 0.398 e. The molecule has 1 heterocycles. The minimum atomic E-state index is -0.303. The van der Waals surface area contributed by atoms with Crippen LogP contribution in [0.5, 0.6) is 0 Å². The summed E-state index contributed by atoms with van der Waals surface area (Å²) in [5.74, 6) is -0.137. The number of aryl methyl sites for hydroxylation is 1. The lowest BCUT2D eigenvalue weighted by Crippen LogP contribution is -2.15. The quantitative estimate of drug-likeness (QED) is 0.728. The second-order valence-corrected chi connectivity index (χ2v) is 3.58. The number of hydrogen-bond donors (Lipinski definition) is 2. The molecule has 2 aromatic rings. The number of nitrogens with one attached hydrogen (secondary N) is 1. The van der Waals surface area contributed by atoms with Crippen LogP contribution in [-0.4, -0.2) is 26.1 Å². The van der Waals surface area contributed by atoms with Crippen molar-refractivity contribution in [2.24, 2.45) is 7.05 Å². The van der Waals surface area contributed by atoms with Crippen LogP contribution in [0.15, 0.2) is 18.2 Å². The molecular weight excluding hydrogens is 220 g/mol. The molecule has 7 heteroatoms. The van der Waals surface area contributed by atoms with Gasteiger partial charge < -0.3 is 5.73 Å². The number of amides is 1. The van der Waals surface area contributed by atoms with E-state index in [1.807, 2.05) is 0 Å². The molecule has 0 radical (unpaired) electrons. The summed E-state index contributed by atoms with van der Waals surface area (Å²) in [6, 6.07) is 5.16. The van der Waals surface area contributed by atoms with Gasteiger partial charge in [0.25, 0.3) is 11.9 Å². The zero-order valence-electron chi connectivity index (χ0n) is 9.51. The summed E-state index contributed by atoms with van der Waals surface area (Å²) in [4.78, 5) is 13.2.